The minimum atomic E-state index is 0.0289. The van der Waals surface area contributed by atoms with Gasteiger partial charge in [0.2, 0.25) is 5.91 Å². The minimum Gasteiger partial charge on any atom is -0.376 e. The highest BCUT2D eigenvalue weighted by Gasteiger charge is 2.14. The van der Waals surface area contributed by atoms with Crippen molar-refractivity contribution in [2.24, 2.45) is 0 Å². The highest BCUT2D eigenvalue weighted by Crippen LogP contribution is 2.14. The number of aromatic nitrogens is 1. The number of hydrogen-bond acceptors (Lipinski definition) is 3. The summed E-state index contributed by atoms with van der Waals surface area (Å²) in [7, 11) is 0. The number of benzene rings is 1. The topological polar surface area (TPSA) is 51.2 Å². The van der Waals surface area contributed by atoms with E-state index in [0.29, 0.717) is 13.0 Å². The lowest BCUT2D eigenvalue weighted by Crippen LogP contribution is -2.36. The highest BCUT2D eigenvalue weighted by atomic mass is 16.5. The molecule has 21 heavy (non-hydrogen) atoms. The van der Waals surface area contributed by atoms with Gasteiger partial charge >= 0.3 is 0 Å². The molecule has 1 aromatic carbocycles. The van der Waals surface area contributed by atoms with E-state index in [0.717, 1.165) is 35.9 Å². The molecule has 1 aliphatic heterocycles. The fourth-order valence-electron chi connectivity index (χ4n) is 2.66. The fraction of sp³-hybridized carbons (Fsp3) is 0.412. The van der Waals surface area contributed by atoms with Gasteiger partial charge in [-0.2, -0.15) is 0 Å². The lowest BCUT2D eigenvalue weighted by atomic mass is 10.1. The molecule has 1 unspecified atom stereocenters. The number of hydrogen-bond donors (Lipinski definition) is 1. The predicted octanol–water partition coefficient (Wildman–Crippen LogP) is 2.46. The number of nitrogens with one attached hydrogen (secondary N) is 1. The van der Waals surface area contributed by atoms with Crippen LogP contribution in [0.3, 0.4) is 0 Å². The summed E-state index contributed by atoms with van der Waals surface area (Å²) in [5, 5.41) is 4.03. The van der Waals surface area contributed by atoms with Gasteiger partial charge in [0.15, 0.2) is 0 Å². The van der Waals surface area contributed by atoms with E-state index in [1.54, 1.807) is 6.20 Å². The number of ether oxygens (including phenoxy) is 1. The Kier molecular flexibility index (Phi) is 4.46. The Hall–Kier alpha value is -1.94. The SMILES string of the molecule is O=C(Cc1cnc2ccccc2c1)NCC1CCCCO1. The number of para-hydroxylation sites is 1. The summed E-state index contributed by atoms with van der Waals surface area (Å²) in [4.78, 5) is 16.4. The highest BCUT2D eigenvalue weighted by molar-refractivity contribution is 5.82. The maximum atomic E-state index is 12.0. The Labute approximate surface area is 124 Å². The monoisotopic (exact) mass is 284 g/mol. The molecule has 0 aliphatic carbocycles. The molecule has 1 aliphatic rings. The van der Waals surface area contributed by atoms with Crippen LogP contribution in [0.15, 0.2) is 36.5 Å². The lowest BCUT2D eigenvalue weighted by molar-refractivity contribution is -0.121. The van der Waals surface area contributed by atoms with Crippen molar-refractivity contribution >= 4 is 16.8 Å². The largest absolute Gasteiger partial charge is 0.376 e. The van der Waals surface area contributed by atoms with Gasteiger partial charge in [-0.05, 0) is 37.0 Å². The quantitative estimate of drug-likeness (QED) is 0.938. The third-order valence-corrected chi connectivity index (χ3v) is 3.81. The first kappa shape index (κ1) is 14.0. The number of carbonyl (C=O) groups excluding carboxylic acids is 1. The first-order valence-electron chi connectivity index (χ1n) is 7.53. The second kappa shape index (κ2) is 6.68. The fourth-order valence-corrected chi connectivity index (χ4v) is 2.66. The normalized spacial score (nSPS) is 18.6. The summed E-state index contributed by atoms with van der Waals surface area (Å²) >= 11 is 0. The average Bonchev–Trinajstić information content (AvgIpc) is 2.54. The first-order valence-corrected chi connectivity index (χ1v) is 7.53. The van der Waals surface area contributed by atoms with Crippen LogP contribution >= 0.6 is 0 Å². The second-order valence-corrected chi connectivity index (χ2v) is 5.51. The Bertz CT molecular complexity index is 621. The summed E-state index contributed by atoms with van der Waals surface area (Å²) in [5.41, 5.74) is 1.90. The molecular formula is C17H20N2O2. The van der Waals surface area contributed by atoms with Gasteiger partial charge < -0.3 is 10.1 Å². The zero-order valence-electron chi connectivity index (χ0n) is 12.0. The molecule has 1 saturated heterocycles. The molecular weight excluding hydrogens is 264 g/mol. The van der Waals surface area contributed by atoms with Gasteiger partial charge in [-0.1, -0.05) is 18.2 Å². The molecule has 2 aromatic rings. The van der Waals surface area contributed by atoms with Gasteiger partial charge in [-0.15, -0.1) is 0 Å². The minimum absolute atomic E-state index is 0.0289. The van der Waals surface area contributed by atoms with Crippen molar-refractivity contribution in [1.29, 1.82) is 0 Å². The third kappa shape index (κ3) is 3.79. The molecule has 1 fully saturated rings. The maximum Gasteiger partial charge on any atom is 0.224 e. The number of rotatable bonds is 4. The molecule has 4 nitrogen and oxygen atoms in total. The van der Waals surface area contributed by atoms with E-state index >= 15 is 0 Å². The van der Waals surface area contributed by atoms with Gasteiger partial charge in [-0.25, -0.2) is 0 Å². The van der Waals surface area contributed by atoms with Crippen LogP contribution in [-0.4, -0.2) is 30.1 Å². The van der Waals surface area contributed by atoms with Gasteiger partial charge in [0, 0.05) is 24.7 Å². The van der Waals surface area contributed by atoms with Gasteiger partial charge in [0.1, 0.15) is 0 Å². The zero-order valence-corrected chi connectivity index (χ0v) is 12.0. The van der Waals surface area contributed by atoms with E-state index in [1.165, 1.54) is 6.42 Å². The molecule has 1 N–H and O–H groups in total. The van der Waals surface area contributed by atoms with Gasteiger partial charge in [0.25, 0.3) is 0 Å². The van der Waals surface area contributed by atoms with E-state index in [2.05, 4.69) is 10.3 Å². The van der Waals surface area contributed by atoms with Crippen molar-refractivity contribution in [2.75, 3.05) is 13.2 Å². The van der Waals surface area contributed by atoms with Crippen LogP contribution < -0.4 is 5.32 Å². The van der Waals surface area contributed by atoms with Gasteiger partial charge in [0.05, 0.1) is 18.0 Å². The van der Waals surface area contributed by atoms with E-state index in [1.807, 2.05) is 30.3 Å². The molecule has 0 bridgehead atoms. The number of amides is 1. The van der Waals surface area contributed by atoms with Crippen molar-refractivity contribution < 1.29 is 9.53 Å². The van der Waals surface area contributed by atoms with Crippen LogP contribution in [0.2, 0.25) is 0 Å². The third-order valence-electron chi connectivity index (χ3n) is 3.81. The molecule has 110 valence electrons. The van der Waals surface area contributed by atoms with Crippen LogP contribution in [0, 0.1) is 0 Å². The number of nitrogens with zero attached hydrogens (tertiary/aromatic N) is 1. The molecule has 1 aromatic heterocycles. The standard InChI is InChI=1S/C17H20N2O2/c20-17(19-12-15-6-3-4-8-21-15)10-13-9-14-5-1-2-7-16(14)18-11-13/h1-2,5,7,9,11,15H,3-4,6,8,10,12H2,(H,19,20). The Balaban J connectivity index is 1.55. The van der Waals surface area contributed by atoms with Crippen LogP contribution in [0.5, 0.6) is 0 Å². The summed E-state index contributed by atoms with van der Waals surface area (Å²) in [6.07, 6.45) is 5.68. The van der Waals surface area contributed by atoms with Crippen molar-refractivity contribution in [3.05, 3.63) is 42.1 Å². The van der Waals surface area contributed by atoms with Crippen LogP contribution in [0.1, 0.15) is 24.8 Å². The maximum absolute atomic E-state index is 12.0. The summed E-state index contributed by atoms with van der Waals surface area (Å²) < 4.78 is 5.61. The molecule has 0 radical (unpaired) electrons. The average molecular weight is 284 g/mol. The van der Waals surface area contributed by atoms with Crippen LogP contribution in [-0.2, 0) is 16.0 Å². The van der Waals surface area contributed by atoms with Crippen molar-refractivity contribution in [3.8, 4) is 0 Å². The lowest BCUT2D eigenvalue weighted by Gasteiger charge is -2.22. The van der Waals surface area contributed by atoms with Crippen molar-refractivity contribution in [2.45, 2.75) is 31.8 Å². The van der Waals surface area contributed by atoms with E-state index < -0.39 is 0 Å². The van der Waals surface area contributed by atoms with Crippen molar-refractivity contribution in [3.63, 3.8) is 0 Å². The molecule has 3 rings (SSSR count). The first-order chi connectivity index (χ1) is 10.3. The molecule has 0 spiro atoms. The van der Waals surface area contributed by atoms with E-state index in [9.17, 15) is 4.79 Å². The Morgan fingerprint density at radius 3 is 3.10 bits per heavy atom. The molecule has 4 heteroatoms. The van der Waals surface area contributed by atoms with E-state index in [-0.39, 0.29) is 12.0 Å². The second-order valence-electron chi connectivity index (χ2n) is 5.51. The van der Waals surface area contributed by atoms with E-state index in [4.69, 9.17) is 4.74 Å². The van der Waals surface area contributed by atoms with Crippen molar-refractivity contribution in [1.82, 2.24) is 10.3 Å². The summed E-state index contributed by atoms with van der Waals surface area (Å²) in [6.45, 7) is 1.43. The molecule has 0 saturated carbocycles. The van der Waals surface area contributed by atoms with Crippen LogP contribution in [0.25, 0.3) is 10.9 Å². The predicted molar refractivity (Wildman–Crippen MR) is 82.0 cm³/mol. The summed E-state index contributed by atoms with van der Waals surface area (Å²) in [6, 6.07) is 9.96. The number of fused-ring (bicyclic) bond motifs is 1. The Morgan fingerprint density at radius 2 is 2.24 bits per heavy atom. The molecule has 1 atom stereocenters. The van der Waals surface area contributed by atoms with Crippen LogP contribution in [0.4, 0.5) is 0 Å². The molecule has 2 heterocycles. The smallest absolute Gasteiger partial charge is 0.224 e. The molecule has 1 amide bonds. The Morgan fingerprint density at radius 1 is 1.33 bits per heavy atom. The number of carbonyl (C=O) groups is 1. The summed E-state index contributed by atoms with van der Waals surface area (Å²) in [5.74, 6) is 0.0289. The zero-order chi connectivity index (χ0) is 14.5. The van der Waals surface area contributed by atoms with Gasteiger partial charge in [-0.3, -0.25) is 9.78 Å². The number of pyridine rings is 1.